The van der Waals surface area contributed by atoms with Gasteiger partial charge >= 0.3 is 5.97 Å². The van der Waals surface area contributed by atoms with Crippen LogP contribution in [0.2, 0.25) is 0 Å². The largest absolute Gasteiger partial charge is 0.488 e. The molecule has 0 unspecified atom stereocenters. The highest BCUT2D eigenvalue weighted by Gasteiger charge is 2.48. The Labute approximate surface area is 250 Å². The molecule has 0 radical (unpaired) electrons. The summed E-state index contributed by atoms with van der Waals surface area (Å²) in [7, 11) is 0. The molecule has 0 bridgehead atoms. The molecule has 0 spiro atoms. The maximum atomic E-state index is 13.9. The summed E-state index contributed by atoms with van der Waals surface area (Å²) in [5.41, 5.74) is 5.45. The molecule has 216 valence electrons. The zero-order valence-corrected chi connectivity index (χ0v) is 26.1. The molecule has 2 aromatic rings. The summed E-state index contributed by atoms with van der Waals surface area (Å²) in [5.74, 6) is -0.460. The lowest BCUT2D eigenvalue weighted by molar-refractivity contribution is -0.119. The second-order valence-corrected chi connectivity index (χ2v) is 14.0. The number of allylic oxidation sites excluding steroid dienone is 4. The molecule has 0 saturated carbocycles. The number of carboxylic acids is 1. The monoisotopic (exact) mass is 619 g/mol. The molecule has 41 heavy (non-hydrogen) atoms. The minimum absolute atomic E-state index is 0.132. The molecule has 2 aromatic carbocycles. The van der Waals surface area contributed by atoms with Crippen LogP contribution in [0.1, 0.15) is 94.1 Å². The molecule has 1 heterocycles. The Kier molecular flexibility index (Phi) is 7.79. The molecule has 2 aliphatic carbocycles. The number of aromatic carboxylic acids is 1. The molecule has 6 nitrogen and oxygen atoms in total. The van der Waals surface area contributed by atoms with Gasteiger partial charge in [-0.15, -0.1) is 0 Å². The van der Waals surface area contributed by atoms with Crippen LogP contribution in [0.3, 0.4) is 0 Å². The molecule has 0 atom stereocenters. The van der Waals surface area contributed by atoms with Crippen molar-refractivity contribution in [3.05, 3.63) is 86.2 Å². The van der Waals surface area contributed by atoms with Crippen molar-refractivity contribution in [2.75, 3.05) is 6.54 Å². The summed E-state index contributed by atoms with van der Waals surface area (Å²) in [6.45, 7) is 11.9. The summed E-state index contributed by atoms with van der Waals surface area (Å²) in [5, 5.41) is 9.13. The Morgan fingerprint density at radius 3 is 1.98 bits per heavy atom. The van der Waals surface area contributed by atoms with E-state index in [1.807, 2.05) is 18.2 Å². The number of ketones is 2. The number of Topliss-reactive ketones (excluding diaryl/α,β-unsaturated/α-hetero) is 2. The van der Waals surface area contributed by atoms with Gasteiger partial charge in [-0.25, -0.2) is 4.79 Å². The average molecular weight is 621 g/mol. The van der Waals surface area contributed by atoms with Gasteiger partial charge in [0.1, 0.15) is 12.4 Å². The van der Waals surface area contributed by atoms with Gasteiger partial charge in [0.05, 0.1) is 10.0 Å². The molecule has 7 heteroatoms. The van der Waals surface area contributed by atoms with Gasteiger partial charge in [0.25, 0.3) is 0 Å². The Bertz CT molecular complexity index is 1430. The first kappa shape index (κ1) is 29.3. The smallest absolute Gasteiger partial charge is 0.335 e. The molecule has 0 aromatic heterocycles. The van der Waals surface area contributed by atoms with Crippen molar-refractivity contribution in [2.45, 2.75) is 79.2 Å². The van der Waals surface area contributed by atoms with E-state index in [1.165, 1.54) is 0 Å². The maximum absolute atomic E-state index is 13.9. The Hall–Kier alpha value is -3.19. The van der Waals surface area contributed by atoms with Crippen molar-refractivity contribution >= 4 is 33.5 Å². The molecule has 0 saturated heterocycles. The number of ether oxygens (including phenoxy) is 1. The number of nitrogens with zero attached hydrogens (tertiary/aromatic N) is 1. The van der Waals surface area contributed by atoms with E-state index in [9.17, 15) is 14.4 Å². The second kappa shape index (κ2) is 10.9. The molecule has 1 N–H and O–H groups in total. The Morgan fingerprint density at radius 2 is 1.49 bits per heavy atom. The van der Waals surface area contributed by atoms with E-state index in [0.29, 0.717) is 18.6 Å². The third-order valence-electron chi connectivity index (χ3n) is 8.35. The lowest BCUT2D eigenvalue weighted by Crippen LogP contribution is -2.44. The van der Waals surface area contributed by atoms with E-state index in [0.717, 1.165) is 63.9 Å². The van der Waals surface area contributed by atoms with Crippen LogP contribution in [0, 0.1) is 10.8 Å². The number of hydrogen-bond acceptors (Lipinski definition) is 5. The summed E-state index contributed by atoms with van der Waals surface area (Å²) in [6.07, 6.45) is 3.47. The van der Waals surface area contributed by atoms with E-state index in [2.05, 4.69) is 55.4 Å². The zero-order chi connectivity index (χ0) is 29.7. The second-order valence-electron chi connectivity index (χ2n) is 13.2. The van der Waals surface area contributed by atoms with Gasteiger partial charge in [-0.05, 0) is 81.4 Å². The quantitative estimate of drug-likeness (QED) is 0.340. The summed E-state index contributed by atoms with van der Waals surface area (Å²) in [4.78, 5) is 41.2. The first-order valence-electron chi connectivity index (χ1n) is 14.3. The highest BCUT2D eigenvalue weighted by Crippen LogP contribution is 2.54. The van der Waals surface area contributed by atoms with Gasteiger partial charge in [0.2, 0.25) is 0 Å². The van der Waals surface area contributed by atoms with E-state index in [-0.39, 0.29) is 34.6 Å². The van der Waals surface area contributed by atoms with Crippen LogP contribution in [0.25, 0.3) is 0 Å². The van der Waals surface area contributed by atoms with Crippen LogP contribution < -0.4 is 4.74 Å². The van der Waals surface area contributed by atoms with E-state index in [1.54, 1.807) is 24.3 Å². The molecular weight excluding hydrogens is 582 g/mol. The molecule has 0 amide bonds. The summed E-state index contributed by atoms with van der Waals surface area (Å²) in [6, 6.07) is 12.4. The minimum Gasteiger partial charge on any atom is -0.488 e. The number of benzene rings is 2. The van der Waals surface area contributed by atoms with Crippen molar-refractivity contribution < 1.29 is 24.2 Å². The zero-order valence-electron chi connectivity index (χ0n) is 24.5. The number of carbonyl (C=O) groups is 3. The normalized spacial score (nSPS) is 20.2. The van der Waals surface area contributed by atoms with E-state index in [4.69, 9.17) is 9.84 Å². The van der Waals surface area contributed by atoms with E-state index >= 15 is 0 Å². The van der Waals surface area contributed by atoms with E-state index < -0.39 is 11.9 Å². The third-order valence-corrected chi connectivity index (χ3v) is 8.97. The molecule has 1 aliphatic heterocycles. The first-order chi connectivity index (χ1) is 19.3. The predicted molar refractivity (Wildman–Crippen MR) is 162 cm³/mol. The highest BCUT2D eigenvalue weighted by atomic mass is 79.9. The van der Waals surface area contributed by atoms with Crippen LogP contribution in [0.15, 0.2) is 69.5 Å². The van der Waals surface area contributed by atoms with Gasteiger partial charge in [0, 0.05) is 47.8 Å². The summed E-state index contributed by atoms with van der Waals surface area (Å²) < 4.78 is 6.80. The lowest BCUT2D eigenvalue weighted by Gasteiger charge is -2.49. The van der Waals surface area contributed by atoms with Gasteiger partial charge in [-0.1, -0.05) is 52.8 Å². The number of halogens is 1. The fraction of sp³-hybridized carbons (Fsp3) is 0.441. The number of carbonyl (C=O) groups excluding carboxylic acids is 2. The summed E-state index contributed by atoms with van der Waals surface area (Å²) >= 11 is 3.68. The standard InChI is InChI=1S/C34H38BrNO5/c1-6-13-36-24-15-33(2,3)17-26(37)30(24)29(31-25(36)16-34(4,5)18-27(31)38)22-11-12-28(23(35)14-22)41-19-20-7-9-21(10-8-20)32(39)40/h7-12,14,29H,6,13,15-19H2,1-5H3,(H,39,40). The van der Waals surface area contributed by atoms with Crippen LogP contribution in [-0.4, -0.2) is 34.1 Å². The SMILES string of the molecule is CCCN1C2=C(C(=O)CC(C)(C)C2)C(c2ccc(OCc3ccc(C(=O)O)cc3)c(Br)c2)C2=C1CC(C)(C)CC2=O. The fourth-order valence-corrected chi connectivity index (χ4v) is 7.10. The van der Waals surface area contributed by atoms with Crippen LogP contribution >= 0.6 is 15.9 Å². The van der Waals surface area contributed by atoms with Gasteiger partial charge in [0.15, 0.2) is 11.6 Å². The van der Waals surface area contributed by atoms with Crippen LogP contribution in [0.5, 0.6) is 5.75 Å². The number of carboxylic acid groups (broad SMARTS) is 1. The molecule has 5 rings (SSSR count). The third kappa shape index (κ3) is 5.78. The fourth-order valence-electron chi connectivity index (χ4n) is 6.59. The number of rotatable bonds is 7. The van der Waals surface area contributed by atoms with Crippen LogP contribution in [0.4, 0.5) is 0 Å². The first-order valence-corrected chi connectivity index (χ1v) is 15.1. The van der Waals surface area contributed by atoms with Gasteiger partial charge < -0.3 is 14.7 Å². The van der Waals surface area contributed by atoms with Crippen molar-refractivity contribution in [2.24, 2.45) is 10.8 Å². The van der Waals surface area contributed by atoms with Crippen molar-refractivity contribution in [1.29, 1.82) is 0 Å². The molecule has 3 aliphatic rings. The van der Waals surface area contributed by atoms with Gasteiger partial charge in [-0.3, -0.25) is 9.59 Å². The molecule has 0 fully saturated rings. The highest BCUT2D eigenvalue weighted by molar-refractivity contribution is 9.10. The van der Waals surface area contributed by atoms with Crippen molar-refractivity contribution in [3.8, 4) is 5.75 Å². The maximum Gasteiger partial charge on any atom is 0.335 e. The topological polar surface area (TPSA) is 83.9 Å². The lowest BCUT2D eigenvalue weighted by atomic mass is 9.63. The van der Waals surface area contributed by atoms with Crippen LogP contribution in [-0.2, 0) is 16.2 Å². The minimum atomic E-state index is -0.965. The molecular formula is C34H38BrNO5. The van der Waals surface area contributed by atoms with Gasteiger partial charge in [-0.2, -0.15) is 0 Å². The van der Waals surface area contributed by atoms with Crippen molar-refractivity contribution in [1.82, 2.24) is 4.90 Å². The Balaban J connectivity index is 1.54. The van der Waals surface area contributed by atoms with Crippen molar-refractivity contribution in [3.63, 3.8) is 0 Å². The number of hydrogen-bond donors (Lipinski definition) is 1. The average Bonchev–Trinajstić information content (AvgIpc) is 2.87. The Morgan fingerprint density at radius 1 is 0.927 bits per heavy atom. The predicted octanol–water partition coefficient (Wildman–Crippen LogP) is 7.82.